The molecule has 3 aromatic carbocycles. The van der Waals surface area contributed by atoms with Crippen LogP contribution in [-0.4, -0.2) is 18.0 Å². The number of benzene rings is 3. The minimum atomic E-state index is -0.994. The standard InChI is InChI=1S/C26H24N2O3/c1-16-13-17(2)24(18(3)14-16)28-25(29)19(4)31-26(30)23-12-8-7-11-22(23)21-10-6-5-9-20(21)15-27/h5-14,19H,1-4H3,(H,28,29)/t19-/m1/s1. The third-order valence-electron chi connectivity index (χ3n) is 5.06. The number of nitrogens with one attached hydrogen (secondary N) is 1. The second-order valence-electron chi connectivity index (χ2n) is 7.51. The van der Waals surface area contributed by atoms with Gasteiger partial charge in [0.15, 0.2) is 6.10 Å². The number of hydrogen-bond donors (Lipinski definition) is 1. The Hall–Kier alpha value is -3.91. The van der Waals surface area contributed by atoms with Crippen molar-refractivity contribution in [1.29, 1.82) is 5.26 Å². The molecule has 3 rings (SSSR count). The summed E-state index contributed by atoms with van der Waals surface area (Å²) in [6.07, 6.45) is -0.994. The summed E-state index contributed by atoms with van der Waals surface area (Å²) in [6.45, 7) is 7.39. The molecule has 0 radical (unpaired) electrons. The summed E-state index contributed by atoms with van der Waals surface area (Å²) in [5.41, 5.74) is 5.71. The molecule has 0 aliphatic rings. The van der Waals surface area contributed by atoms with Gasteiger partial charge >= 0.3 is 5.97 Å². The van der Waals surface area contributed by atoms with Gasteiger partial charge in [-0.2, -0.15) is 5.26 Å². The van der Waals surface area contributed by atoms with Crippen LogP contribution in [0.5, 0.6) is 0 Å². The van der Waals surface area contributed by atoms with Gasteiger partial charge in [-0.1, -0.05) is 54.1 Å². The van der Waals surface area contributed by atoms with Crippen molar-refractivity contribution >= 4 is 17.6 Å². The van der Waals surface area contributed by atoms with E-state index in [9.17, 15) is 14.9 Å². The van der Waals surface area contributed by atoms with Crippen molar-refractivity contribution in [2.75, 3.05) is 5.32 Å². The van der Waals surface area contributed by atoms with Gasteiger partial charge in [-0.25, -0.2) is 4.79 Å². The summed E-state index contributed by atoms with van der Waals surface area (Å²) in [4.78, 5) is 25.6. The van der Waals surface area contributed by atoms with Crippen LogP contribution >= 0.6 is 0 Å². The van der Waals surface area contributed by atoms with Gasteiger partial charge in [-0.3, -0.25) is 4.79 Å². The van der Waals surface area contributed by atoms with Crippen molar-refractivity contribution in [1.82, 2.24) is 0 Å². The number of nitrogens with zero attached hydrogens (tertiary/aromatic N) is 1. The van der Waals surface area contributed by atoms with Crippen LogP contribution in [0.2, 0.25) is 0 Å². The lowest BCUT2D eigenvalue weighted by molar-refractivity contribution is -0.123. The van der Waals surface area contributed by atoms with E-state index in [1.165, 1.54) is 6.92 Å². The maximum atomic E-state index is 12.9. The van der Waals surface area contributed by atoms with Crippen LogP contribution in [0.4, 0.5) is 5.69 Å². The Kier molecular flexibility index (Phi) is 6.52. The first-order chi connectivity index (χ1) is 14.8. The Morgan fingerprint density at radius 2 is 1.52 bits per heavy atom. The van der Waals surface area contributed by atoms with Crippen LogP contribution in [0.25, 0.3) is 11.1 Å². The molecule has 0 unspecified atom stereocenters. The van der Waals surface area contributed by atoms with Crippen molar-refractivity contribution in [3.63, 3.8) is 0 Å². The Bertz CT molecular complexity index is 1170. The maximum absolute atomic E-state index is 12.9. The van der Waals surface area contributed by atoms with Crippen LogP contribution < -0.4 is 5.32 Å². The number of aryl methyl sites for hydroxylation is 3. The van der Waals surface area contributed by atoms with E-state index in [1.807, 2.05) is 32.9 Å². The molecule has 0 heterocycles. The van der Waals surface area contributed by atoms with E-state index >= 15 is 0 Å². The smallest absolute Gasteiger partial charge is 0.339 e. The molecule has 0 spiro atoms. The van der Waals surface area contributed by atoms with E-state index < -0.39 is 18.0 Å². The Morgan fingerprint density at radius 3 is 2.16 bits per heavy atom. The van der Waals surface area contributed by atoms with Crippen molar-refractivity contribution in [2.45, 2.75) is 33.8 Å². The number of esters is 1. The summed E-state index contributed by atoms with van der Waals surface area (Å²) in [7, 11) is 0. The largest absolute Gasteiger partial charge is 0.449 e. The van der Waals surface area contributed by atoms with Gasteiger partial charge in [0, 0.05) is 11.3 Å². The highest BCUT2D eigenvalue weighted by Gasteiger charge is 2.22. The van der Waals surface area contributed by atoms with Crippen LogP contribution in [0.1, 0.15) is 39.5 Å². The molecule has 156 valence electrons. The van der Waals surface area contributed by atoms with Crippen LogP contribution in [0.3, 0.4) is 0 Å². The highest BCUT2D eigenvalue weighted by molar-refractivity contribution is 6.01. The summed E-state index contributed by atoms with van der Waals surface area (Å²) in [5, 5.41) is 12.3. The third kappa shape index (κ3) is 4.81. The van der Waals surface area contributed by atoms with E-state index in [-0.39, 0.29) is 0 Å². The maximum Gasteiger partial charge on any atom is 0.339 e. The van der Waals surface area contributed by atoms with Gasteiger partial charge in [0.1, 0.15) is 0 Å². The van der Waals surface area contributed by atoms with E-state index in [1.54, 1.807) is 48.5 Å². The fourth-order valence-corrected chi connectivity index (χ4v) is 3.59. The summed E-state index contributed by atoms with van der Waals surface area (Å²) in [6, 6.07) is 20.1. The SMILES string of the molecule is Cc1cc(C)c(NC(=O)[C@@H](C)OC(=O)c2ccccc2-c2ccccc2C#N)c(C)c1. The molecule has 0 bridgehead atoms. The molecule has 0 saturated carbocycles. The van der Waals surface area contributed by atoms with E-state index in [2.05, 4.69) is 11.4 Å². The molecule has 0 aromatic heterocycles. The number of carbonyl (C=O) groups is 2. The van der Waals surface area contributed by atoms with Gasteiger partial charge in [0.2, 0.25) is 0 Å². The molecule has 0 aliphatic carbocycles. The topological polar surface area (TPSA) is 79.2 Å². The molecule has 31 heavy (non-hydrogen) atoms. The second kappa shape index (κ2) is 9.27. The first-order valence-electron chi connectivity index (χ1n) is 10.00. The number of amides is 1. The fourth-order valence-electron chi connectivity index (χ4n) is 3.59. The first-order valence-corrected chi connectivity index (χ1v) is 10.00. The number of hydrogen-bond acceptors (Lipinski definition) is 4. The second-order valence-corrected chi connectivity index (χ2v) is 7.51. The predicted octanol–water partition coefficient (Wildman–Crippen LogP) is 5.33. The van der Waals surface area contributed by atoms with Crippen molar-refractivity contribution in [3.8, 4) is 17.2 Å². The molecule has 1 N–H and O–H groups in total. The quantitative estimate of drug-likeness (QED) is 0.574. The number of ether oxygens (including phenoxy) is 1. The van der Waals surface area contributed by atoms with E-state index in [0.29, 0.717) is 22.3 Å². The molecule has 5 heteroatoms. The zero-order chi connectivity index (χ0) is 22.5. The highest BCUT2D eigenvalue weighted by Crippen LogP contribution is 2.28. The van der Waals surface area contributed by atoms with Crippen molar-refractivity contribution in [3.05, 3.63) is 88.5 Å². The molecule has 1 atom stereocenters. The van der Waals surface area contributed by atoms with Gasteiger partial charge < -0.3 is 10.1 Å². The molecule has 3 aromatic rings. The average Bonchev–Trinajstić information content (AvgIpc) is 2.75. The van der Waals surface area contributed by atoms with Crippen LogP contribution in [0.15, 0.2) is 60.7 Å². The number of carbonyl (C=O) groups excluding carboxylic acids is 2. The molecule has 0 fully saturated rings. The van der Waals surface area contributed by atoms with Crippen LogP contribution in [-0.2, 0) is 9.53 Å². The summed E-state index contributed by atoms with van der Waals surface area (Å²) < 4.78 is 5.48. The fraction of sp³-hybridized carbons (Fsp3) is 0.192. The molecular formula is C26H24N2O3. The Morgan fingerprint density at radius 1 is 0.935 bits per heavy atom. The minimum absolute atomic E-state index is 0.299. The molecular weight excluding hydrogens is 388 g/mol. The van der Waals surface area contributed by atoms with E-state index in [4.69, 9.17) is 4.74 Å². The molecule has 1 amide bonds. The highest BCUT2D eigenvalue weighted by atomic mass is 16.5. The number of anilines is 1. The number of rotatable bonds is 5. The molecule has 5 nitrogen and oxygen atoms in total. The third-order valence-corrected chi connectivity index (χ3v) is 5.06. The van der Waals surface area contributed by atoms with Gasteiger partial charge in [-0.05, 0) is 56.5 Å². The van der Waals surface area contributed by atoms with Gasteiger partial charge in [0.25, 0.3) is 5.91 Å². The van der Waals surface area contributed by atoms with Crippen molar-refractivity contribution in [2.24, 2.45) is 0 Å². The summed E-state index contributed by atoms with van der Waals surface area (Å²) in [5.74, 6) is -1.03. The van der Waals surface area contributed by atoms with E-state index in [0.717, 1.165) is 22.4 Å². The lowest BCUT2D eigenvalue weighted by atomic mass is 9.96. The van der Waals surface area contributed by atoms with Gasteiger partial charge in [0.05, 0.1) is 17.2 Å². The van der Waals surface area contributed by atoms with Crippen molar-refractivity contribution < 1.29 is 14.3 Å². The zero-order valence-electron chi connectivity index (χ0n) is 18.0. The predicted molar refractivity (Wildman–Crippen MR) is 121 cm³/mol. The lowest BCUT2D eigenvalue weighted by Crippen LogP contribution is -2.30. The summed E-state index contributed by atoms with van der Waals surface area (Å²) >= 11 is 0. The normalized spacial score (nSPS) is 11.3. The van der Waals surface area contributed by atoms with Crippen LogP contribution in [0, 0.1) is 32.1 Å². The lowest BCUT2D eigenvalue weighted by Gasteiger charge is -2.18. The number of nitriles is 1. The monoisotopic (exact) mass is 412 g/mol. The first kappa shape index (κ1) is 21.8. The Labute approximate surface area is 182 Å². The molecule has 0 aliphatic heterocycles. The molecule has 0 saturated heterocycles. The average molecular weight is 412 g/mol. The van der Waals surface area contributed by atoms with Gasteiger partial charge in [-0.15, -0.1) is 0 Å². The minimum Gasteiger partial charge on any atom is -0.449 e. The zero-order valence-corrected chi connectivity index (χ0v) is 18.0. The Balaban J connectivity index is 1.81.